The van der Waals surface area contributed by atoms with Crippen LogP contribution >= 0.6 is 0 Å². The average Bonchev–Trinajstić information content (AvgIpc) is 3.47. The van der Waals surface area contributed by atoms with Gasteiger partial charge in [-0.15, -0.1) is 0 Å². The summed E-state index contributed by atoms with van der Waals surface area (Å²) in [5.74, 6) is 1.60. The summed E-state index contributed by atoms with van der Waals surface area (Å²) in [5.41, 5.74) is 3.96. The van der Waals surface area contributed by atoms with E-state index in [-0.39, 0.29) is 6.10 Å². The predicted octanol–water partition coefficient (Wildman–Crippen LogP) is 3.67. The van der Waals surface area contributed by atoms with Gasteiger partial charge in [0.15, 0.2) is 0 Å². The maximum absolute atomic E-state index is 5.91. The molecule has 0 saturated carbocycles. The Morgan fingerprint density at radius 1 is 1.07 bits per heavy atom. The molecule has 0 bridgehead atoms. The van der Waals surface area contributed by atoms with Gasteiger partial charge in [-0.1, -0.05) is 36.4 Å². The van der Waals surface area contributed by atoms with Crippen molar-refractivity contribution in [3.63, 3.8) is 0 Å². The van der Waals surface area contributed by atoms with Crippen LogP contribution in [0.15, 0.2) is 48.5 Å². The topological polar surface area (TPSA) is 72.5 Å². The fourth-order valence-electron chi connectivity index (χ4n) is 3.89. The predicted molar refractivity (Wildman–Crippen MR) is 114 cm³/mol. The highest BCUT2D eigenvalue weighted by atomic mass is 16.5. The van der Waals surface area contributed by atoms with Gasteiger partial charge in [0.2, 0.25) is 0 Å². The Balaban J connectivity index is 1.58. The summed E-state index contributed by atoms with van der Waals surface area (Å²) in [6, 6.07) is 16.1. The van der Waals surface area contributed by atoms with E-state index in [1.807, 2.05) is 30.3 Å². The van der Waals surface area contributed by atoms with Gasteiger partial charge < -0.3 is 14.2 Å². The van der Waals surface area contributed by atoms with Crippen molar-refractivity contribution in [1.82, 2.24) is 20.3 Å². The minimum absolute atomic E-state index is 0.237. The standard InChI is InChI=1S/C23H28N4O3/c1-28-19-11-10-18(22(13-19)29-2)14-27(15-20-9-6-12-30-20)16-21-23(25-26-24-21)17-7-4-3-5-8-17/h3-5,7-8,10-11,13,20H,6,9,12,14-16H2,1-2H3,(H,24,25,26)/t20-/m1/s1. The Hall–Kier alpha value is -2.90. The molecule has 1 aliphatic heterocycles. The Labute approximate surface area is 177 Å². The fourth-order valence-corrected chi connectivity index (χ4v) is 3.89. The molecule has 0 radical (unpaired) electrons. The smallest absolute Gasteiger partial charge is 0.127 e. The van der Waals surface area contributed by atoms with Crippen LogP contribution < -0.4 is 9.47 Å². The Morgan fingerprint density at radius 3 is 2.67 bits per heavy atom. The van der Waals surface area contributed by atoms with Gasteiger partial charge in [-0.25, -0.2) is 0 Å². The van der Waals surface area contributed by atoms with Crippen LogP contribution in [-0.2, 0) is 17.8 Å². The van der Waals surface area contributed by atoms with E-state index in [1.54, 1.807) is 14.2 Å². The van der Waals surface area contributed by atoms with Crippen molar-refractivity contribution in [3.05, 3.63) is 59.8 Å². The van der Waals surface area contributed by atoms with Crippen molar-refractivity contribution in [1.29, 1.82) is 0 Å². The Morgan fingerprint density at radius 2 is 1.93 bits per heavy atom. The molecule has 30 heavy (non-hydrogen) atoms. The molecule has 1 atom stereocenters. The Bertz CT molecular complexity index is 939. The molecule has 158 valence electrons. The molecule has 0 aliphatic carbocycles. The van der Waals surface area contributed by atoms with Crippen LogP contribution in [-0.4, -0.2) is 53.8 Å². The summed E-state index contributed by atoms with van der Waals surface area (Å²) in [6.45, 7) is 3.05. The summed E-state index contributed by atoms with van der Waals surface area (Å²) in [7, 11) is 3.35. The van der Waals surface area contributed by atoms with Crippen molar-refractivity contribution < 1.29 is 14.2 Å². The molecule has 3 aromatic rings. The van der Waals surface area contributed by atoms with E-state index in [0.717, 1.165) is 60.0 Å². The first-order valence-corrected chi connectivity index (χ1v) is 10.3. The SMILES string of the molecule is COc1ccc(CN(Cc2n[nH]nc2-c2ccccc2)C[C@H]2CCCO2)c(OC)c1. The Kier molecular flexibility index (Phi) is 6.61. The zero-order valence-corrected chi connectivity index (χ0v) is 17.5. The quantitative estimate of drug-likeness (QED) is 0.582. The first kappa shape index (κ1) is 20.4. The highest BCUT2D eigenvalue weighted by Crippen LogP contribution is 2.28. The zero-order valence-electron chi connectivity index (χ0n) is 17.5. The van der Waals surface area contributed by atoms with Crippen LogP contribution in [0.5, 0.6) is 11.5 Å². The van der Waals surface area contributed by atoms with E-state index < -0.39 is 0 Å². The van der Waals surface area contributed by atoms with E-state index in [4.69, 9.17) is 14.2 Å². The molecule has 2 aromatic carbocycles. The highest BCUT2D eigenvalue weighted by Gasteiger charge is 2.23. The number of methoxy groups -OCH3 is 2. The van der Waals surface area contributed by atoms with E-state index in [0.29, 0.717) is 13.1 Å². The molecule has 2 heterocycles. The molecule has 1 aliphatic rings. The zero-order chi connectivity index (χ0) is 20.8. The number of aromatic nitrogens is 3. The van der Waals surface area contributed by atoms with E-state index in [2.05, 4.69) is 38.5 Å². The molecule has 1 saturated heterocycles. The van der Waals surface area contributed by atoms with Gasteiger partial charge in [0.05, 0.1) is 20.3 Å². The number of ether oxygens (including phenoxy) is 3. The van der Waals surface area contributed by atoms with Crippen LogP contribution in [0.1, 0.15) is 24.1 Å². The number of benzene rings is 2. The molecule has 0 amide bonds. The molecular formula is C23H28N4O3. The van der Waals surface area contributed by atoms with Crippen molar-refractivity contribution in [3.8, 4) is 22.8 Å². The summed E-state index contributed by atoms with van der Waals surface area (Å²) < 4.78 is 16.9. The van der Waals surface area contributed by atoms with Crippen molar-refractivity contribution >= 4 is 0 Å². The summed E-state index contributed by atoms with van der Waals surface area (Å²) in [6.07, 6.45) is 2.44. The van der Waals surface area contributed by atoms with E-state index in [1.165, 1.54) is 0 Å². The van der Waals surface area contributed by atoms with Gasteiger partial charge in [-0.3, -0.25) is 4.90 Å². The van der Waals surface area contributed by atoms with Crippen molar-refractivity contribution in [2.24, 2.45) is 0 Å². The third-order valence-corrected chi connectivity index (χ3v) is 5.41. The number of nitrogens with zero attached hydrogens (tertiary/aromatic N) is 3. The summed E-state index contributed by atoms with van der Waals surface area (Å²) in [4.78, 5) is 2.35. The fraction of sp³-hybridized carbons (Fsp3) is 0.391. The average molecular weight is 409 g/mol. The second-order valence-corrected chi connectivity index (χ2v) is 7.47. The van der Waals surface area contributed by atoms with Crippen LogP contribution in [0.2, 0.25) is 0 Å². The lowest BCUT2D eigenvalue weighted by atomic mass is 10.1. The van der Waals surface area contributed by atoms with E-state index in [9.17, 15) is 0 Å². The molecule has 4 rings (SSSR count). The third-order valence-electron chi connectivity index (χ3n) is 5.41. The molecule has 1 fully saturated rings. The third kappa shape index (κ3) is 4.80. The van der Waals surface area contributed by atoms with Gasteiger partial charge in [-0.2, -0.15) is 15.4 Å². The second kappa shape index (κ2) is 9.73. The minimum Gasteiger partial charge on any atom is -0.497 e. The maximum atomic E-state index is 5.91. The summed E-state index contributed by atoms with van der Waals surface area (Å²) in [5, 5.41) is 11.6. The largest absolute Gasteiger partial charge is 0.497 e. The number of H-pyrrole nitrogens is 1. The van der Waals surface area contributed by atoms with Crippen molar-refractivity contribution in [2.45, 2.75) is 32.0 Å². The van der Waals surface area contributed by atoms with E-state index >= 15 is 0 Å². The molecular weight excluding hydrogens is 380 g/mol. The van der Waals surface area contributed by atoms with Crippen LogP contribution in [0.4, 0.5) is 0 Å². The lowest BCUT2D eigenvalue weighted by Gasteiger charge is -2.25. The van der Waals surface area contributed by atoms with Crippen LogP contribution in [0.3, 0.4) is 0 Å². The number of nitrogens with one attached hydrogen (secondary N) is 1. The van der Waals surface area contributed by atoms with Crippen LogP contribution in [0, 0.1) is 0 Å². The molecule has 7 nitrogen and oxygen atoms in total. The summed E-state index contributed by atoms with van der Waals surface area (Å²) >= 11 is 0. The lowest BCUT2D eigenvalue weighted by Crippen LogP contribution is -2.32. The van der Waals surface area contributed by atoms with Gasteiger partial charge in [0.25, 0.3) is 0 Å². The number of hydrogen-bond donors (Lipinski definition) is 1. The van der Waals surface area contributed by atoms with Gasteiger partial charge >= 0.3 is 0 Å². The number of hydrogen-bond acceptors (Lipinski definition) is 6. The van der Waals surface area contributed by atoms with Crippen LogP contribution in [0.25, 0.3) is 11.3 Å². The molecule has 1 N–H and O–H groups in total. The minimum atomic E-state index is 0.237. The molecule has 1 aromatic heterocycles. The first-order chi connectivity index (χ1) is 14.8. The molecule has 0 unspecified atom stereocenters. The lowest BCUT2D eigenvalue weighted by molar-refractivity contribution is 0.0672. The van der Waals surface area contributed by atoms with Gasteiger partial charge in [-0.05, 0) is 18.9 Å². The monoisotopic (exact) mass is 408 g/mol. The van der Waals surface area contributed by atoms with Gasteiger partial charge in [0.1, 0.15) is 22.9 Å². The number of aromatic amines is 1. The second-order valence-electron chi connectivity index (χ2n) is 7.47. The normalized spacial score (nSPS) is 16.2. The molecule has 7 heteroatoms. The first-order valence-electron chi connectivity index (χ1n) is 10.3. The van der Waals surface area contributed by atoms with Crippen molar-refractivity contribution in [2.75, 3.05) is 27.4 Å². The number of rotatable bonds is 9. The maximum Gasteiger partial charge on any atom is 0.127 e. The molecule has 0 spiro atoms. The van der Waals surface area contributed by atoms with Gasteiger partial charge in [0, 0.05) is 43.4 Å². The highest BCUT2D eigenvalue weighted by molar-refractivity contribution is 5.60.